The lowest BCUT2D eigenvalue weighted by molar-refractivity contribution is -0.122. The highest BCUT2D eigenvalue weighted by molar-refractivity contribution is 5.81. The number of nitrogens with one attached hydrogen (secondary N) is 1. The third-order valence-corrected chi connectivity index (χ3v) is 2.77. The molecule has 0 spiro atoms. The highest BCUT2D eigenvalue weighted by atomic mass is 16.5. The minimum atomic E-state index is -0.568. The summed E-state index contributed by atoms with van der Waals surface area (Å²) in [5.41, 5.74) is 6.86. The Morgan fingerprint density at radius 1 is 1.42 bits per heavy atom. The summed E-state index contributed by atoms with van der Waals surface area (Å²) in [5, 5.41) is 12.1. The van der Waals surface area contributed by atoms with Gasteiger partial charge in [0.1, 0.15) is 0 Å². The van der Waals surface area contributed by atoms with Gasteiger partial charge in [-0.05, 0) is 18.4 Å². The van der Waals surface area contributed by atoms with Crippen molar-refractivity contribution in [3.05, 3.63) is 35.9 Å². The van der Waals surface area contributed by atoms with Gasteiger partial charge in [-0.2, -0.15) is 0 Å². The number of hydrogen-bond acceptors (Lipinski definition) is 4. The van der Waals surface area contributed by atoms with E-state index in [1.807, 2.05) is 30.3 Å². The van der Waals surface area contributed by atoms with E-state index in [-0.39, 0.29) is 12.5 Å². The quantitative estimate of drug-likeness (QED) is 0.621. The molecule has 5 heteroatoms. The smallest absolute Gasteiger partial charge is 0.237 e. The van der Waals surface area contributed by atoms with E-state index in [9.17, 15) is 9.90 Å². The molecule has 1 aromatic rings. The van der Waals surface area contributed by atoms with Crippen LogP contribution < -0.4 is 11.1 Å². The van der Waals surface area contributed by atoms with Crippen molar-refractivity contribution in [1.82, 2.24) is 5.32 Å². The summed E-state index contributed by atoms with van der Waals surface area (Å²) >= 11 is 0. The van der Waals surface area contributed by atoms with Crippen molar-refractivity contribution in [1.29, 1.82) is 0 Å². The van der Waals surface area contributed by atoms with E-state index in [1.54, 1.807) is 0 Å². The van der Waals surface area contributed by atoms with Crippen LogP contribution in [-0.4, -0.2) is 43.4 Å². The van der Waals surface area contributed by atoms with Gasteiger partial charge in [-0.1, -0.05) is 30.3 Å². The van der Waals surface area contributed by atoms with Gasteiger partial charge < -0.3 is 20.9 Å². The fourth-order valence-corrected chi connectivity index (χ4v) is 1.73. The average molecular weight is 266 g/mol. The van der Waals surface area contributed by atoms with Gasteiger partial charge in [0.15, 0.2) is 0 Å². The molecule has 5 nitrogen and oxygen atoms in total. The number of aliphatic hydroxyl groups excluding tert-OH is 1. The molecule has 0 bridgehead atoms. The van der Waals surface area contributed by atoms with Gasteiger partial charge in [-0.25, -0.2) is 0 Å². The number of methoxy groups -OCH3 is 1. The Morgan fingerprint density at radius 2 is 2.11 bits per heavy atom. The normalized spacial score (nSPS) is 13.8. The van der Waals surface area contributed by atoms with Crippen LogP contribution in [0.5, 0.6) is 0 Å². The van der Waals surface area contributed by atoms with Crippen molar-refractivity contribution in [3.8, 4) is 0 Å². The van der Waals surface area contributed by atoms with Gasteiger partial charge in [-0.3, -0.25) is 4.79 Å². The maximum absolute atomic E-state index is 11.7. The van der Waals surface area contributed by atoms with Gasteiger partial charge in [0, 0.05) is 13.7 Å². The largest absolute Gasteiger partial charge is 0.391 e. The van der Waals surface area contributed by atoms with E-state index in [1.165, 1.54) is 7.11 Å². The van der Waals surface area contributed by atoms with Gasteiger partial charge in [0.2, 0.25) is 5.91 Å². The number of amides is 1. The van der Waals surface area contributed by atoms with E-state index in [4.69, 9.17) is 10.5 Å². The molecule has 0 heterocycles. The predicted molar refractivity (Wildman–Crippen MR) is 73.6 cm³/mol. The first-order chi connectivity index (χ1) is 9.13. The first-order valence-corrected chi connectivity index (χ1v) is 6.37. The second-order valence-electron chi connectivity index (χ2n) is 4.49. The van der Waals surface area contributed by atoms with E-state index in [2.05, 4.69) is 5.32 Å². The van der Waals surface area contributed by atoms with Gasteiger partial charge in [0.25, 0.3) is 0 Å². The van der Waals surface area contributed by atoms with Gasteiger partial charge in [-0.15, -0.1) is 0 Å². The highest BCUT2D eigenvalue weighted by Gasteiger charge is 2.14. The van der Waals surface area contributed by atoms with Crippen molar-refractivity contribution in [3.63, 3.8) is 0 Å². The van der Waals surface area contributed by atoms with Crippen molar-refractivity contribution in [2.75, 3.05) is 20.3 Å². The molecule has 0 aliphatic carbocycles. The fourth-order valence-electron chi connectivity index (χ4n) is 1.73. The average Bonchev–Trinajstić information content (AvgIpc) is 2.40. The number of rotatable bonds is 8. The van der Waals surface area contributed by atoms with E-state index in [0.717, 1.165) is 5.56 Å². The topological polar surface area (TPSA) is 84.6 Å². The van der Waals surface area contributed by atoms with Crippen LogP contribution in [0, 0.1) is 0 Å². The second-order valence-corrected chi connectivity index (χ2v) is 4.49. The minimum Gasteiger partial charge on any atom is -0.391 e. The molecule has 1 rings (SSSR count). The zero-order valence-corrected chi connectivity index (χ0v) is 11.2. The summed E-state index contributed by atoms with van der Waals surface area (Å²) in [6, 6.07) is 9.07. The van der Waals surface area contributed by atoms with Gasteiger partial charge >= 0.3 is 0 Å². The SMILES string of the molecule is COCC(O)CCNC(=O)[C@H](N)Cc1ccccc1. The maximum atomic E-state index is 11.7. The Hall–Kier alpha value is -1.43. The van der Waals surface area contributed by atoms with Crippen LogP contribution in [0.15, 0.2) is 30.3 Å². The number of hydrogen-bond donors (Lipinski definition) is 3. The molecule has 1 amide bonds. The first-order valence-electron chi connectivity index (χ1n) is 6.37. The van der Waals surface area contributed by atoms with Crippen molar-refractivity contribution in [2.45, 2.75) is 25.0 Å². The molecule has 0 saturated carbocycles. The molecule has 1 unspecified atom stereocenters. The summed E-state index contributed by atoms with van der Waals surface area (Å²) in [6.07, 6.45) is 0.404. The number of aliphatic hydroxyl groups is 1. The van der Waals surface area contributed by atoms with E-state index in [0.29, 0.717) is 19.4 Å². The van der Waals surface area contributed by atoms with Crippen LogP contribution in [0.1, 0.15) is 12.0 Å². The monoisotopic (exact) mass is 266 g/mol. The maximum Gasteiger partial charge on any atom is 0.237 e. The zero-order valence-electron chi connectivity index (χ0n) is 11.2. The molecular formula is C14H22N2O3. The lowest BCUT2D eigenvalue weighted by Crippen LogP contribution is -2.43. The third kappa shape index (κ3) is 6.33. The second kappa shape index (κ2) is 8.63. The molecule has 19 heavy (non-hydrogen) atoms. The lowest BCUT2D eigenvalue weighted by atomic mass is 10.1. The van der Waals surface area contributed by atoms with Gasteiger partial charge in [0.05, 0.1) is 18.8 Å². The van der Waals surface area contributed by atoms with Crippen molar-refractivity contribution in [2.24, 2.45) is 5.73 Å². The summed E-state index contributed by atoms with van der Waals surface area (Å²) in [7, 11) is 1.53. The van der Waals surface area contributed by atoms with Crippen LogP contribution in [0.4, 0.5) is 0 Å². The molecule has 0 aliphatic heterocycles. The van der Waals surface area contributed by atoms with Crippen LogP contribution in [0.2, 0.25) is 0 Å². The molecule has 0 radical (unpaired) electrons. The van der Waals surface area contributed by atoms with Crippen LogP contribution in [0.3, 0.4) is 0 Å². The Balaban J connectivity index is 2.25. The van der Waals surface area contributed by atoms with Crippen molar-refractivity contribution >= 4 is 5.91 Å². The summed E-state index contributed by atoms with van der Waals surface area (Å²) in [4.78, 5) is 11.7. The van der Waals surface area contributed by atoms with Crippen LogP contribution in [0.25, 0.3) is 0 Å². The van der Waals surface area contributed by atoms with E-state index >= 15 is 0 Å². The van der Waals surface area contributed by atoms with E-state index < -0.39 is 12.1 Å². The number of carbonyl (C=O) groups excluding carboxylic acids is 1. The fraction of sp³-hybridized carbons (Fsp3) is 0.500. The molecular weight excluding hydrogens is 244 g/mol. The first kappa shape index (κ1) is 15.6. The Bertz CT molecular complexity index is 370. The molecule has 4 N–H and O–H groups in total. The third-order valence-electron chi connectivity index (χ3n) is 2.77. The lowest BCUT2D eigenvalue weighted by Gasteiger charge is -2.14. The molecule has 0 aromatic heterocycles. The highest BCUT2D eigenvalue weighted by Crippen LogP contribution is 2.01. The standard InChI is InChI=1S/C14H22N2O3/c1-19-10-12(17)7-8-16-14(18)13(15)9-11-5-3-2-4-6-11/h2-6,12-13,17H,7-10,15H2,1H3,(H,16,18)/t12?,13-/m1/s1. The molecule has 0 aliphatic rings. The minimum absolute atomic E-state index is 0.200. The summed E-state index contributed by atoms with van der Waals surface area (Å²) in [5.74, 6) is -0.200. The van der Waals surface area contributed by atoms with Crippen molar-refractivity contribution < 1.29 is 14.6 Å². The van der Waals surface area contributed by atoms with Crippen LogP contribution in [-0.2, 0) is 16.0 Å². The Labute approximate surface area is 113 Å². The predicted octanol–water partition coefficient (Wildman–Crippen LogP) is 0.0700. The Morgan fingerprint density at radius 3 is 2.74 bits per heavy atom. The number of ether oxygens (including phenoxy) is 1. The number of nitrogens with two attached hydrogens (primary N) is 1. The zero-order chi connectivity index (χ0) is 14.1. The Kier molecular flexibility index (Phi) is 7.10. The molecule has 106 valence electrons. The summed E-state index contributed by atoms with van der Waals surface area (Å²) in [6.45, 7) is 0.664. The molecule has 0 saturated heterocycles. The number of benzene rings is 1. The number of carbonyl (C=O) groups is 1. The van der Waals surface area contributed by atoms with Crippen LogP contribution >= 0.6 is 0 Å². The molecule has 1 aromatic carbocycles. The molecule has 2 atom stereocenters. The molecule has 0 fully saturated rings. The summed E-state index contributed by atoms with van der Waals surface area (Å²) < 4.78 is 4.80.